The van der Waals surface area contributed by atoms with Crippen LogP contribution < -0.4 is 4.74 Å². The van der Waals surface area contributed by atoms with E-state index in [0.29, 0.717) is 30.4 Å². The molecule has 1 saturated carbocycles. The van der Waals surface area contributed by atoms with Crippen LogP contribution in [0.5, 0.6) is 5.75 Å². The molecule has 0 bridgehead atoms. The predicted octanol–water partition coefficient (Wildman–Crippen LogP) is 4.13. The number of ketones is 1. The number of morpholine rings is 1. The van der Waals surface area contributed by atoms with Crippen LogP contribution in [0.25, 0.3) is 0 Å². The Morgan fingerprint density at radius 3 is 2.72 bits per heavy atom. The molecule has 7 heteroatoms. The second kappa shape index (κ2) is 11.3. The first-order chi connectivity index (χ1) is 17.6. The number of nitrogens with zero attached hydrogens (tertiary/aromatic N) is 2. The summed E-state index contributed by atoms with van der Waals surface area (Å²) in [7, 11) is 0. The Morgan fingerprint density at radius 2 is 1.92 bits per heavy atom. The average Bonchev–Trinajstić information content (AvgIpc) is 3.17. The third kappa shape index (κ3) is 5.18. The fourth-order valence-corrected chi connectivity index (χ4v) is 6.10. The Bertz CT molecular complexity index is 986. The van der Waals surface area contributed by atoms with Gasteiger partial charge in [-0.25, -0.2) is 0 Å². The zero-order chi connectivity index (χ0) is 25.1. The van der Waals surface area contributed by atoms with E-state index in [9.17, 15) is 9.59 Å². The van der Waals surface area contributed by atoms with Crippen LogP contribution in [0, 0.1) is 11.8 Å². The van der Waals surface area contributed by atoms with E-state index < -0.39 is 6.04 Å². The first kappa shape index (κ1) is 25.3. The lowest BCUT2D eigenvalue weighted by Crippen LogP contribution is -2.41. The number of benzene rings is 1. The number of hydrogen-bond acceptors (Lipinski definition) is 6. The Labute approximate surface area is 214 Å². The molecule has 1 aromatic rings. The van der Waals surface area contributed by atoms with Crippen LogP contribution in [0.2, 0.25) is 0 Å². The summed E-state index contributed by atoms with van der Waals surface area (Å²) >= 11 is 0. The molecule has 4 unspecified atom stereocenters. The molecule has 196 valence electrons. The van der Waals surface area contributed by atoms with Gasteiger partial charge in [0.1, 0.15) is 11.9 Å². The smallest absolute Gasteiger partial charge is 0.290 e. The molecule has 4 atom stereocenters. The summed E-state index contributed by atoms with van der Waals surface area (Å²) in [4.78, 5) is 31.9. The third-order valence-electron chi connectivity index (χ3n) is 8.12. The maximum absolute atomic E-state index is 13.9. The molecule has 3 heterocycles. The van der Waals surface area contributed by atoms with Crippen molar-refractivity contribution in [2.75, 3.05) is 46.0 Å². The number of hydrogen-bond donors (Lipinski definition) is 0. The van der Waals surface area contributed by atoms with Gasteiger partial charge < -0.3 is 19.1 Å². The molecule has 1 saturated heterocycles. The fraction of sp³-hybridized carbons (Fsp3) is 0.655. The molecule has 2 fully saturated rings. The number of carbonyl (C=O) groups is 2. The highest BCUT2D eigenvalue weighted by Gasteiger charge is 2.52. The van der Waals surface area contributed by atoms with E-state index in [4.69, 9.17) is 14.2 Å². The number of amides is 1. The highest BCUT2D eigenvalue weighted by atomic mass is 16.5. The zero-order valence-electron chi connectivity index (χ0n) is 21.7. The van der Waals surface area contributed by atoms with Crippen LogP contribution in [-0.4, -0.2) is 73.6 Å². The number of carbonyl (C=O) groups excluding carboxylic acids is 2. The molecule has 0 spiro atoms. The van der Waals surface area contributed by atoms with Crippen molar-refractivity contribution in [2.24, 2.45) is 11.8 Å². The maximum Gasteiger partial charge on any atom is 0.290 e. The first-order valence-corrected chi connectivity index (χ1v) is 13.9. The molecule has 3 aliphatic heterocycles. The molecule has 0 radical (unpaired) electrons. The van der Waals surface area contributed by atoms with Crippen molar-refractivity contribution in [3.63, 3.8) is 0 Å². The van der Waals surface area contributed by atoms with Gasteiger partial charge >= 0.3 is 0 Å². The summed E-state index contributed by atoms with van der Waals surface area (Å²) in [6.45, 7) is 9.86. The van der Waals surface area contributed by atoms with Gasteiger partial charge in [-0.1, -0.05) is 32.4 Å². The summed E-state index contributed by atoms with van der Waals surface area (Å²) < 4.78 is 17.8. The van der Waals surface area contributed by atoms with Gasteiger partial charge in [-0.15, -0.1) is 0 Å². The van der Waals surface area contributed by atoms with Gasteiger partial charge in [0.2, 0.25) is 0 Å². The Kier molecular flexibility index (Phi) is 7.96. The highest BCUT2D eigenvalue weighted by molar-refractivity contribution is 6.11. The van der Waals surface area contributed by atoms with Gasteiger partial charge in [-0.05, 0) is 55.7 Å². The molecule has 5 rings (SSSR count). The molecular formula is C29H40N2O5. The van der Waals surface area contributed by atoms with Crippen molar-refractivity contribution < 1.29 is 23.8 Å². The first-order valence-electron chi connectivity index (χ1n) is 13.9. The van der Waals surface area contributed by atoms with Gasteiger partial charge in [0.15, 0.2) is 11.5 Å². The van der Waals surface area contributed by atoms with E-state index in [0.717, 1.165) is 82.7 Å². The normalized spacial score (nSPS) is 28.7. The molecule has 0 N–H and O–H groups in total. The predicted molar refractivity (Wildman–Crippen MR) is 137 cm³/mol. The molecule has 4 aliphatic rings. The monoisotopic (exact) mass is 496 g/mol. The van der Waals surface area contributed by atoms with Crippen molar-refractivity contribution >= 4 is 11.7 Å². The minimum Gasteiger partial charge on any atom is -0.494 e. The van der Waals surface area contributed by atoms with Crippen LogP contribution in [0.1, 0.15) is 64.0 Å². The molecule has 36 heavy (non-hydrogen) atoms. The average molecular weight is 497 g/mol. The molecule has 0 aromatic heterocycles. The van der Waals surface area contributed by atoms with E-state index in [-0.39, 0.29) is 23.7 Å². The minimum absolute atomic E-state index is 0.110. The largest absolute Gasteiger partial charge is 0.494 e. The van der Waals surface area contributed by atoms with Crippen molar-refractivity contribution in [3.8, 4) is 5.75 Å². The lowest BCUT2D eigenvalue weighted by Gasteiger charge is -2.37. The molecule has 1 aromatic carbocycles. The molecule has 7 nitrogen and oxygen atoms in total. The van der Waals surface area contributed by atoms with E-state index in [1.807, 2.05) is 29.2 Å². The lowest BCUT2D eigenvalue weighted by molar-refractivity contribution is -0.136. The van der Waals surface area contributed by atoms with E-state index >= 15 is 0 Å². The summed E-state index contributed by atoms with van der Waals surface area (Å²) in [6, 6.07) is 7.51. The van der Waals surface area contributed by atoms with Crippen molar-refractivity contribution in [2.45, 2.75) is 64.5 Å². The van der Waals surface area contributed by atoms with Gasteiger partial charge in [-0.3, -0.25) is 14.5 Å². The zero-order valence-corrected chi connectivity index (χ0v) is 21.7. The van der Waals surface area contributed by atoms with Crippen LogP contribution in [-0.2, 0) is 19.1 Å². The lowest BCUT2D eigenvalue weighted by atomic mass is 9.74. The van der Waals surface area contributed by atoms with Crippen molar-refractivity contribution in [1.82, 2.24) is 9.80 Å². The second-order valence-corrected chi connectivity index (χ2v) is 10.8. The molecule has 1 aliphatic carbocycles. The van der Waals surface area contributed by atoms with Gasteiger partial charge in [0, 0.05) is 26.2 Å². The SMILES string of the molecule is CCCCOc1cccc(C2C3=C(OC4CCC(C)CC4C3=O)C(=O)N2CCCN2CCOCC2)c1. The number of Topliss-reactive ketones (excluding diaryl/α,β-unsaturated/α-hetero) is 1. The Morgan fingerprint density at radius 1 is 1.08 bits per heavy atom. The van der Waals surface area contributed by atoms with Crippen LogP contribution in [0.3, 0.4) is 0 Å². The minimum atomic E-state index is -0.419. The van der Waals surface area contributed by atoms with Crippen molar-refractivity contribution in [3.05, 3.63) is 41.2 Å². The highest BCUT2D eigenvalue weighted by Crippen LogP contribution is 2.47. The molecule has 1 amide bonds. The summed E-state index contributed by atoms with van der Waals surface area (Å²) in [5, 5.41) is 0. The standard InChI is InChI=1S/C29H40N2O5/c1-3-4-15-35-22-8-5-7-21(19-22)26-25-27(32)23-18-20(2)9-10-24(23)36-28(25)29(33)31(26)12-6-11-30-13-16-34-17-14-30/h5,7-8,19-20,23-24,26H,3-4,6,9-18H2,1-2H3. The van der Waals surface area contributed by atoms with E-state index in [1.165, 1.54) is 0 Å². The molecular weight excluding hydrogens is 456 g/mol. The number of fused-ring (bicyclic) bond motifs is 1. The van der Waals surface area contributed by atoms with Gasteiger partial charge in [-0.2, -0.15) is 0 Å². The third-order valence-corrected chi connectivity index (χ3v) is 8.12. The van der Waals surface area contributed by atoms with Crippen LogP contribution in [0.15, 0.2) is 35.6 Å². The summed E-state index contributed by atoms with van der Waals surface area (Å²) in [6.07, 6.45) is 5.43. The van der Waals surface area contributed by atoms with Crippen molar-refractivity contribution in [1.29, 1.82) is 0 Å². The summed E-state index contributed by atoms with van der Waals surface area (Å²) in [5.41, 5.74) is 1.49. The van der Waals surface area contributed by atoms with Gasteiger partial charge in [0.25, 0.3) is 5.91 Å². The Hall–Kier alpha value is -2.38. The maximum atomic E-state index is 13.9. The van der Waals surface area contributed by atoms with Gasteiger partial charge in [0.05, 0.1) is 37.4 Å². The fourth-order valence-electron chi connectivity index (χ4n) is 6.10. The van der Waals surface area contributed by atoms with E-state index in [2.05, 4.69) is 18.7 Å². The number of unbranched alkanes of at least 4 members (excludes halogenated alkanes) is 1. The number of ether oxygens (including phenoxy) is 3. The quantitative estimate of drug-likeness (QED) is 0.479. The van der Waals surface area contributed by atoms with Crippen LogP contribution >= 0.6 is 0 Å². The van der Waals surface area contributed by atoms with E-state index in [1.54, 1.807) is 0 Å². The topological polar surface area (TPSA) is 68.3 Å². The number of rotatable bonds is 9. The summed E-state index contributed by atoms with van der Waals surface area (Å²) in [5.74, 6) is 1.39. The van der Waals surface area contributed by atoms with Crippen LogP contribution in [0.4, 0.5) is 0 Å². The second-order valence-electron chi connectivity index (χ2n) is 10.8. The Balaban J connectivity index is 1.41.